The highest BCUT2D eigenvalue weighted by molar-refractivity contribution is 7.16. The Morgan fingerprint density at radius 3 is 2.73 bits per heavy atom. The lowest BCUT2D eigenvalue weighted by molar-refractivity contribution is 0.0954. The van der Waals surface area contributed by atoms with E-state index in [1.54, 1.807) is 6.20 Å². The van der Waals surface area contributed by atoms with E-state index >= 15 is 0 Å². The van der Waals surface area contributed by atoms with E-state index in [1.165, 1.54) is 24.2 Å². The number of nitrogens with one attached hydrogen (secondary N) is 1. The summed E-state index contributed by atoms with van der Waals surface area (Å²) in [5.41, 5.74) is 2.09. The van der Waals surface area contributed by atoms with Crippen molar-refractivity contribution in [2.24, 2.45) is 0 Å². The largest absolute Gasteiger partial charge is 0.357 e. The quantitative estimate of drug-likeness (QED) is 0.749. The molecule has 3 aromatic rings. The van der Waals surface area contributed by atoms with Gasteiger partial charge in [0.25, 0.3) is 5.91 Å². The minimum absolute atomic E-state index is 0.0933. The van der Waals surface area contributed by atoms with Crippen LogP contribution in [-0.2, 0) is 6.54 Å². The third kappa shape index (κ3) is 3.75. The molecule has 1 saturated heterocycles. The minimum atomic E-state index is -0.0933. The number of anilines is 1. The Balaban J connectivity index is 1.40. The average molecular weight is 364 g/mol. The van der Waals surface area contributed by atoms with Gasteiger partial charge in [-0.2, -0.15) is 0 Å². The van der Waals surface area contributed by atoms with Crippen molar-refractivity contribution in [2.75, 3.05) is 18.0 Å². The molecule has 0 bridgehead atoms. The zero-order valence-electron chi connectivity index (χ0n) is 14.4. The van der Waals surface area contributed by atoms with Crippen LogP contribution in [0, 0.1) is 0 Å². The molecule has 0 atom stereocenters. The van der Waals surface area contributed by atoms with E-state index < -0.39 is 0 Å². The molecule has 4 rings (SSSR count). The zero-order valence-corrected chi connectivity index (χ0v) is 15.2. The van der Waals surface area contributed by atoms with Gasteiger partial charge in [-0.05, 0) is 30.5 Å². The van der Waals surface area contributed by atoms with Gasteiger partial charge in [0.2, 0.25) is 0 Å². The van der Waals surface area contributed by atoms with E-state index in [0.717, 1.165) is 35.0 Å². The van der Waals surface area contributed by atoms with E-state index in [9.17, 15) is 4.79 Å². The maximum atomic E-state index is 12.4. The van der Waals surface area contributed by atoms with Gasteiger partial charge in [0.1, 0.15) is 15.7 Å². The van der Waals surface area contributed by atoms with Gasteiger partial charge < -0.3 is 10.2 Å². The van der Waals surface area contributed by atoms with Gasteiger partial charge in [-0.15, -0.1) is 11.3 Å². The molecule has 1 fully saturated rings. The van der Waals surface area contributed by atoms with Gasteiger partial charge in [0.15, 0.2) is 0 Å². The molecule has 2 aromatic heterocycles. The van der Waals surface area contributed by atoms with E-state index in [2.05, 4.69) is 26.3 Å². The highest BCUT2D eigenvalue weighted by Gasteiger charge is 2.14. The number of carbonyl (C=O) groups is 1. The fraction of sp³-hybridized carbons (Fsp3) is 0.250. The molecule has 1 aromatic carbocycles. The first kappa shape index (κ1) is 16.7. The van der Waals surface area contributed by atoms with Gasteiger partial charge in [-0.25, -0.2) is 9.97 Å². The lowest BCUT2D eigenvalue weighted by Gasteiger charge is -2.16. The molecule has 5 nitrogen and oxygen atoms in total. The lowest BCUT2D eigenvalue weighted by atomic mass is 10.2. The number of aromatic nitrogens is 2. The van der Waals surface area contributed by atoms with Crippen LogP contribution in [0.5, 0.6) is 0 Å². The Labute approximate surface area is 156 Å². The summed E-state index contributed by atoms with van der Waals surface area (Å²) in [5.74, 6) is 0.905. The summed E-state index contributed by atoms with van der Waals surface area (Å²) >= 11 is 1.41. The molecule has 0 saturated carbocycles. The number of rotatable bonds is 5. The maximum Gasteiger partial charge on any atom is 0.263 e. The van der Waals surface area contributed by atoms with Crippen molar-refractivity contribution in [1.29, 1.82) is 0 Å². The molecule has 0 unspecified atom stereocenters. The number of benzene rings is 1. The number of thiazole rings is 1. The van der Waals surface area contributed by atoms with Crippen molar-refractivity contribution in [3.05, 3.63) is 65.3 Å². The van der Waals surface area contributed by atoms with Crippen LogP contribution in [0.3, 0.4) is 0 Å². The molecule has 1 aliphatic rings. The molecule has 3 heterocycles. The van der Waals surface area contributed by atoms with E-state index in [1.807, 2.05) is 42.6 Å². The summed E-state index contributed by atoms with van der Waals surface area (Å²) in [5, 5.41) is 3.84. The summed E-state index contributed by atoms with van der Waals surface area (Å²) in [7, 11) is 0. The second kappa shape index (κ2) is 7.66. The monoisotopic (exact) mass is 364 g/mol. The Morgan fingerprint density at radius 2 is 1.92 bits per heavy atom. The fourth-order valence-corrected chi connectivity index (χ4v) is 3.89. The van der Waals surface area contributed by atoms with E-state index in [-0.39, 0.29) is 5.91 Å². The molecule has 26 heavy (non-hydrogen) atoms. The Kier molecular flexibility index (Phi) is 4.93. The average Bonchev–Trinajstić information content (AvgIpc) is 3.39. The summed E-state index contributed by atoms with van der Waals surface area (Å²) in [4.78, 5) is 24.2. The number of pyridine rings is 1. The van der Waals surface area contributed by atoms with Crippen molar-refractivity contribution in [1.82, 2.24) is 15.3 Å². The summed E-state index contributed by atoms with van der Waals surface area (Å²) in [6.07, 6.45) is 5.90. The second-order valence-corrected chi connectivity index (χ2v) is 7.33. The molecule has 1 amide bonds. The normalized spacial score (nSPS) is 13.8. The molecule has 132 valence electrons. The number of hydrogen-bond donors (Lipinski definition) is 1. The lowest BCUT2D eigenvalue weighted by Crippen LogP contribution is -2.23. The van der Waals surface area contributed by atoms with Crippen LogP contribution in [0.1, 0.15) is 28.1 Å². The Hall–Kier alpha value is -2.73. The van der Waals surface area contributed by atoms with Crippen LogP contribution in [-0.4, -0.2) is 29.0 Å². The van der Waals surface area contributed by atoms with E-state index in [0.29, 0.717) is 11.4 Å². The Bertz CT molecular complexity index is 888. The molecule has 1 aliphatic heterocycles. The smallest absolute Gasteiger partial charge is 0.263 e. The predicted octanol–water partition coefficient (Wildman–Crippen LogP) is 3.74. The predicted molar refractivity (Wildman–Crippen MR) is 104 cm³/mol. The van der Waals surface area contributed by atoms with Crippen LogP contribution >= 0.6 is 11.3 Å². The van der Waals surface area contributed by atoms with Gasteiger partial charge in [-0.3, -0.25) is 4.79 Å². The van der Waals surface area contributed by atoms with Crippen molar-refractivity contribution < 1.29 is 4.79 Å². The van der Waals surface area contributed by atoms with Crippen LogP contribution in [0.2, 0.25) is 0 Å². The fourth-order valence-electron chi connectivity index (χ4n) is 3.05. The third-order valence-corrected chi connectivity index (χ3v) is 5.49. The minimum Gasteiger partial charge on any atom is -0.357 e. The molecule has 0 aliphatic carbocycles. The number of amides is 1. The summed E-state index contributed by atoms with van der Waals surface area (Å²) < 4.78 is 0. The summed E-state index contributed by atoms with van der Waals surface area (Å²) in [6, 6.07) is 13.9. The standard InChI is InChI=1S/C20H20N4OS/c25-19(17-14-23-20(26-17)16-6-2-1-3-7-16)22-13-15-8-9-21-18(12-15)24-10-4-5-11-24/h1-3,6-9,12,14H,4-5,10-11,13H2,(H,22,25). The first-order valence-electron chi connectivity index (χ1n) is 8.79. The van der Waals surface area contributed by atoms with Gasteiger partial charge in [-0.1, -0.05) is 30.3 Å². The van der Waals surface area contributed by atoms with Crippen LogP contribution in [0.25, 0.3) is 10.6 Å². The third-order valence-electron chi connectivity index (χ3n) is 4.44. The topological polar surface area (TPSA) is 58.1 Å². The SMILES string of the molecule is O=C(NCc1ccnc(N2CCCC2)c1)c1cnc(-c2ccccc2)s1. The van der Waals surface area contributed by atoms with Gasteiger partial charge >= 0.3 is 0 Å². The summed E-state index contributed by atoms with van der Waals surface area (Å²) in [6.45, 7) is 2.61. The highest BCUT2D eigenvalue weighted by Crippen LogP contribution is 2.25. The van der Waals surface area contributed by atoms with E-state index in [4.69, 9.17) is 0 Å². The van der Waals surface area contributed by atoms with Gasteiger partial charge in [0.05, 0.1) is 6.20 Å². The molecular weight excluding hydrogens is 344 g/mol. The highest BCUT2D eigenvalue weighted by atomic mass is 32.1. The molecular formula is C20H20N4OS. The van der Waals surface area contributed by atoms with Crippen molar-refractivity contribution in [3.63, 3.8) is 0 Å². The first-order valence-corrected chi connectivity index (χ1v) is 9.60. The van der Waals surface area contributed by atoms with Crippen LogP contribution < -0.4 is 10.2 Å². The van der Waals surface area contributed by atoms with Crippen molar-refractivity contribution in [2.45, 2.75) is 19.4 Å². The molecule has 6 heteroatoms. The maximum absolute atomic E-state index is 12.4. The molecule has 0 spiro atoms. The number of carbonyl (C=O) groups excluding carboxylic acids is 1. The van der Waals surface area contributed by atoms with Crippen molar-refractivity contribution >= 4 is 23.1 Å². The van der Waals surface area contributed by atoms with Crippen LogP contribution in [0.4, 0.5) is 5.82 Å². The number of nitrogens with zero attached hydrogens (tertiary/aromatic N) is 3. The first-order chi connectivity index (χ1) is 12.8. The van der Waals surface area contributed by atoms with Crippen LogP contribution in [0.15, 0.2) is 54.9 Å². The molecule has 0 radical (unpaired) electrons. The second-order valence-electron chi connectivity index (χ2n) is 6.29. The van der Waals surface area contributed by atoms with Crippen molar-refractivity contribution in [3.8, 4) is 10.6 Å². The van der Waals surface area contributed by atoms with Gasteiger partial charge in [0, 0.05) is 31.4 Å². The molecule has 1 N–H and O–H groups in total. The number of hydrogen-bond acceptors (Lipinski definition) is 5. The Morgan fingerprint density at radius 1 is 1.12 bits per heavy atom. The zero-order chi connectivity index (χ0) is 17.8.